The topological polar surface area (TPSA) is 112 Å². The van der Waals surface area contributed by atoms with E-state index in [0.717, 1.165) is 11.3 Å². The van der Waals surface area contributed by atoms with Crippen molar-refractivity contribution in [1.29, 1.82) is 0 Å². The van der Waals surface area contributed by atoms with Crippen molar-refractivity contribution in [2.45, 2.75) is 23.9 Å². The standard InChI is InChI=1S/C27H23Cl2N5O4S/c1-17(30-25(35)13-8-18-6-10-21(11-7-18)34(36)37)26-31-32-27(33(26)24-15-20(28)9-12-23(24)29)39-16-19-4-3-5-22(14-19)38-2/h3-15,17H,16H2,1-2H3,(H,30,35). The van der Waals surface area contributed by atoms with Crippen LogP contribution in [0, 0.1) is 10.1 Å². The van der Waals surface area contributed by atoms with Crippen LogP contribution in [-0.4, -0.2) is 32.7 Å². The first kappa shape index (κ1) is 28.2. The van der Waals surface area contributed by atoms with E-state index in [-0.39, 0.29) is 11.6 Å². The molecule has 1 amide bonds. The number of nitrogens with zero attached hydrogens (tertiary/aromatic N) is 4. The van der Waals surface area contributed by atoms with Gasteiger partial charge in [0.15, 0.2) is 11.0 Å². The Morgan fingerprint density at radius 2 is 1.92 bits per heavy atom. The molecule has 12 heteroatoms. The zero-order valence-corrected chi connectivity index (χ0v) is 23.2. The lowest BCUT2D eigenvalue weighted by Crippen LogP contribution is -2.27. The molecule has 1 N–H and O–H groups in total. The zero-order chi connectivity index (χ0) is 27.9. The van der Waals surface area contributed by atoms with Crippen LogP contribution in [0.1, 0.15) is 29.9 Å². The van der Waals surface area contributed by atoms with Crippen LogP contribution in [0.25, 0.3) is 11.8 Å². The summed E-state index contributed by atoms with van der Waals surface area (Å²) in [6, 6.07) is 18.2. The fraction of sp³-hybridized carbons (Fsp3) is 0.148. The largest absolute Gasteiger partial charge is 0.497 e. The molecule has 1 heterocycles. The van der Waals surface area contributed by atoms with Crippen LogP contribution in [0.5, 0.6) is 5.75 Å². The van der Waals surface area contributed by atoms with E-state index < -0.39 is 11.0 Å². The second-order valence-corrected chi connectivity index (χ2v) is 10.1. The number of nitro benzene ring substituents is 1. The Kier molecular flexibility index (Phi) is 9.23. The van der Waals surface area contributed by atoms with Crippen molar-refractivity contribution in [1.82, 2.24) is 20.1 Å². The van der Waals surface area contributed by atoms with Gasteiger partial charge in [0.1, 0.15) is 5.75 Å². The minimum Gasteiger partial charge on any atom is -0.497 e. The normalized spacial score (nSPS) is 11.9. The van der Waals surface area contributed by atoms with Gasteiger partial charge in [-0.15, -0.1) is 10.2 Å². The van der Waals surface area contributed by atoms with Gasteiger partial charge in [-0.3, -0.25) is 19.5 Å². The highest BCUT2D eigenvalue weighted by atomic mass is 35.5. The first-order chi connectivity index (χ1) is 18.7. The van der Waals surface area contributed by atoms with Gasteiger partial charge in [0, 0.05) is 29.0 Å². The summed E-state index contributed by atoms with van der Waals surface area (Å²) < 4.78 is 7.10. The van der Waals surface area contributed by atoms with Crippen molar-refractivity contribution in [3.63, 3.8) is 0 Å². The monoisotopic (exact) mass is 583 g/mol. The Morgan fingerprint density at radius 1 is 1.15 bits per heavy atom. The fourth-order valence-corrected chi connectivity index (χ4v) is 4.92. The highest BCUT2D eigenvalue weighted by molar-refractivity contribution is 7.98. The minimum absolute atomic E-state index is 0.0238. The zero-order valence-electron chi connectivity index (χ0n) is 20.9. The van der Waals surface area contributed by atoms with Crippen molar-refractivity contribution in [2.75, 3.05) is 7.11 Å². The summed E-state index contributed by atoms with van der Waals surface area (Å²) in [4.78, 5) is 23.0. The number of hydrogen-bond acceptors (Lipinski definition) is 7. The first-order valence-corrected chi connectivity index (χ1v) is 13.4. The van der Waals surface area contributed by atoms with E-state index in [2.05, 4.69) is 15.5 Å². The number of methoxy groups -OCH3 is 1. The van der Waals surface area contributed by atoms with E-state index in [1.54, 1.807) is 55.0 Å². The van der Waals surface area contributed by atoms with Gasteiger partial charge in [0.2, 0.25) is 5.91 Å². The molecule has 0 aliphatic heterocycles. The number of aromatic nitrogens is 3. The molecule has 0 saturated carbocycles. The number of carbonyl (C=O) groups excluding carboxylic acids is 1. The van der Waals surface area contributed by atoms with Gasteiger partial charge < -0.3 is 10.1 Å². The molecule has 4 rings (SSSR count). The van der Waals surface area contributed by atoms with Crippen molar-refractivity contribution in [2.24, 2.45) is 0 Å². The third-order valence-electron chi connectivity index (χ3n) is 5.59. The summed E-state index contributed by atoms with van der Waals surface area (Å²) in [5.41, 5.74) is 2.24. The van der Waals surface area contributed by atoms with Crippen molar-refractivity contribution < 1.29 is 14.5 Å². The number of rotatable bonds is 10. The van der Waals surface area contributed by atoms with E-state index >= 15 is 0 Å². The van der Waals surface area contributed by atoms with Crippen molar-refractivity contribution >= 4 is 52.6 Å². The Labute approximate surface area is 239 Å². The molecular formula is C27H23Cl2N5O4S. The molecule has 1 aromatic heterocycles. The lowest BCUT2D eigenvalue weighted by atomic mass is 10.2. The van der Waals surface area contributed by atoms with E-state index in [0.29, 0.717) is 38.0 Å². The molecule has 0 spiro atoms. The summed E-state index contributed by atoms with van der Waals surface area (Å²) in [6.45, 7) is 1.78. The van der Waals surface area contributed by atoms with Crippen LogP contribution in [0.4, 0.5) is 5.69 Å². The Bertz CT molecular complexity index is 1530. The molecule has 0 fully saturated rings. The van der Waals surface area contributed by atoms with Crippen LogP contribution >= 0.6 is 35.0 Å². The van der Waals surface area contributed by atoms with Gasteiger partial charge in [-0.1, -0.05) is 47.1 Å². The first-order valence-electron chi connectivity index (χ1n) is 11.6. The maximum absolute atomic E-state index is 12.7. The number of benzene rings is 3. The van der Waals surface area contributed by atoms with Crippen LogP contribution in [0.2, 0.25) is 10.0 Å². The molecule has 0 bridgehead atoms. The molecule has 39 heavy (non-hydrogen) atoms. The molecule has 3 aromatic carbocycles. The highest BCUT2D eigenvalue weighted by Crippen LogP contribution is 2.33. The number of nitro groups is 1. The van der Waals surface area contributed by atoms with Crippen molar-refractivity contribution in [3.8, 4) is 11.4 Å². The number of non-ortho nitro benzene ring substituents is 1. The molecule has 4 aromatic rings. The predicted octanol–water partition coefficient (Wildman–Crippen LogP) is 6.67. The lowest BCUT2D eigenvalue weighted by Gasteiger charge is -2.17. The Balaban J connectivity index is 1.57. The average molecular weight is 584 g/mol. The number of nitrogens with one attached hydrogen (secondary N) is 1. The second kappa shape index (κ2) is 12.8. The third-order valence-corrected chi connectivity index (χ3v) is 7.14. The smallest absolute Gasteiger partial charge is 0.269 e. The second-order valence-electron chi connectivity index (χ2n) is 8.32. The van der Waals surface area contributed by atoms with E-state index in [9.17, 15) is 14.9 Å². The maximum Gasteiger partial charge on any atom is 0.269 e. The molecule has 1 unspecified atom stereocenters. The van der Waals surface area contributed by atoms with Crippen LogP contribution in [0.15, 0.2) is 78.0 Å². The van der Waals surface area contributed by atoms with Gasteiger partial charge in [-0.05, 0) is 66.6 Å². The molecule has 0 aliphatic rings. The molecule has 1 atom stereocenters. The summed E-state index contributed by atoms with van der Waals surface area (Å²) in [5.74, 6) is 1.43. The summed E-state index contributed by atoms with van der Waals surface area (Å²) in [5, 5.41) is 24.0. The number of halogens is 2. The van der Waals surface area contributed by atoms with Crippen LogP contribution in [-0.2, 0) is 10.5 Å². The quantitative estimate of drug-likeness (QED) is 0.0959. The van der Waals surface area contributed by atoms with Gasteiger partial charge in [-0.25, -0.2) is 0 Å². The summed E-state index contributed by atoms with van der Waals surface area (Å²) in [6.07, 6.45) is 2.92. The number of thioether (sulfide) groups is 1. The number of carbonyl (C=O) groups is 1. The lowest BCUT2D eigenvalue weighted by molar-refractivity contribution is -0.384. The molecule has 200 valence electrons. The van der Waals surface area contributed by atoms with Crippen LogP contribution in [0.3, 0.4) is 0 Å². The fourth-order valence-electron chi connectivity index (χ4n) is 3.65. The summed E-state index contributed by atoms with van der Waals surface area (Å²) in [7, 11) is 1.62. The van der Waals surface area contributed by atoms with Gasteiger partial charge >= 0.3 is 0 Å². The van der Waals surface area contributed by atoms with Gasteiger partial charge in [-0.2, -0.15) is 0 Å². The number of ether oxygens (including phenoxy) is 1. The molecule has 0 radical (unpaired) electrons. The maximum atomic E-state index is 12.7. The van der Waals surface area contributed by atoms with Gasteiger partial charge in [0.25, 0.3) is 5.69 Å². The van der Waals surface area contributed by atoms with Crippen LogP contribution < -0.4 is 10.1 Å². The Morgan fingerprint density at radius 3 is 2.64 bits per heavy atom. The molecule has 9 nitrogen and oxygen atoms in total. The predicted molar refractivity (Wildman–Crippen MR) is 153 cm³/mol. The van der Waals surface area contributed by atoms with E-state index in [1.165, 1.54) is 30.0 Å². The molecule has 0 aliphatic carbocycles. The number of amides is 1. The SMILES string of the molecule is COc1cccc(CSc2nnc(C(C)NC(=O)C=Cc3ccc([N+](=O)[O-])cc3)n2-c2cc(Cl)ccc2Cl)c1. The molecular weight excluding hydrogens is 561 g/mol. The average Bonchev–Trinajstić information content (AvgIpc) is 3.36. The van der Waals surface area contributed by atoms with Crippen molar-refractivity contribution in [3.05, 3.63) is 110 Å². The third kappa shape index (κ3) is 7.17. The molecule has 0 saturated heterocycles. The number of hydrogen-bond donors (Lipinski definition) is 1. The van der Waals surface area contributed by atoms with E-state index in [4.69, 9.17) is 27.9 Å². The van der Waals surface area contributed by atoms with Gasteiger partial charge in [0.05, 0.1) is 28.8 Å². The minimum atomic E-state index is -0.548. The highest BCUT2D eigenvalue weighted by Gasteiger charge is 2.22. The Hall–Kier alpha value is -3.86. The van der Waals surface area contributed by atoms with E-state index in [1.807, 2.05) is 24.3 Å². The summed E-state index contributed by atoms with van der Waals surface area (Å²) >= 11 is 14.3.